The molecule has 3 aromatic rings. The van der Waals surface area contributed by atoms with Crippen LogP contribution in [0.3, 0.4) is 0 Å². The minimum Gasteiger partial charge on any atom is -0.213 e. The normalized spacial score (nSPS) is 8.71. The maximum Gasteiger partial charge on any atom is 0 e. The van der Waals surface area contributed by atoms with E-state index < -0.39 is 0 Å². The van der Waals surface area contributed by atoms with E-state index in [0.29, 0.717) is 0 Å². The molecule has 0 aliphatic rings. The number of hydrogen-bond donors (Lipinski definition) is 0. The van der Waals surface area contributed by atoms with Gasteiger partial charge in [-0.05, 0) is 0 Å². The molecule has 0 heterocycles. The molecule has 0 unspecified atom stereocenters. The average molecular weight is 482 g/mol. The van der Waals surface area contributed by atoms with Gasteiger partial charge in [-0.2, -0.15) is 66.9 Å². The molecule has 0 N–H and O–H groups in total. The average Bonchev–Trinajstić information content (AvgIpc) is 3.09. The predicted octanol–water partition coefficient (Wildman–Crippen LogP) is 6.48. The van der Waals surface area contributed by atoms with Crippen molar-refractivity contribution < 1.29 is 25.8 Å². The third kappa shape index (κ3) is 11.9. The molecule has 0 spiro atoms. The molecule has 0 aliphatic carbocycles. The molecule has 0 aliphatic heterocycles. The van der Waals surface area contributed by atoms with Gasteiger partial charge in [0.1, 0.15) is 0 Å². The van der Waals surface area contributed by atoms with Gasteiger partial charge in [-0.3, -0.25) is 0 Å². The first kappa shape index (κ1) is 22.4. The summed E-state index contributed by atoms with van der Waals surface area (Å²) in [5.74, 6) is 0. The Kier molecular flexibility index (Phi) is 14.0. The molecule has 0 radical (unpaired) electrons. The van der Waals surface area contributed by atoms with Gasteiger partial charge in [-0.15, -0.1) is 24.3 Å². The van der Waals surface area contributed by atoms with Crippen LogP contribution in [0.1, 0.15) is 36.5 Å². The van der Waals surface area contributed by atoms with Crippen LogP contribution in [0.5, 0.6) is 0 Å². The second-order valence-corrected chi connectivity index (χ2v) is 5.37. The quantitative estimate of drug-likeness (QED) is 0.296. The minimum absolute atomic E-state index is 0. The zero-order valence-corrected chi connectivity index (χ0v) is 18.2. The second kappa shape index (κ2) is 15.0. The van der Waals surface area contributed by atoms with Crippen molar-refractivity contribution in [1.29, 1.82) is 0 Å². The summed E-state index contributed by atoms with van der Waals surface area (Å²) < 4.78 is 0. The van der Waals surface area contributed by atoms with Gasteiger partial charge in [0.15, 0.2) is 0 Å². The Morgan fingerprint density at radius 1 is 0.708 bits per heavy atom. The first-order valence-corrected chi connectivity index (χ1v) is 8.17. The van der Waals surface area contributed by atoms with Crippen LogP contribution >= 0.6 is 0 Å². The molecular weight excluding hydrogens is 455 g/mol. The Morgan fingerprint density at radius 2 is 1.12 bits per heavy atom. The fraction of sp³-hybridized carbons (Fsp3) is 0.174. The molecule has 1 heteroatoms. The van der Waals surface area contributed by atoms with Crippen LogP contribution in [0.2, 0.25) is 0 Å². The van der Waals surface area contributed by atoms with Gasteiger partial charge in [-0.1, -0.05) is 38.3 Å². The molecule has 0 aromatic heterocycles. The van der Waals surface area contributed by atoms with E-state index in [1.807, 2.05) is 60.7 Å². The van der Waals surface area contributed by atoms with Crippen molar-refractivity contribution in [1.82, 2.24) is 0 Å². The number of hydrogen-bond acceptors (Lipinski definition) is 0. The summed E-state index contributed by atoms with van der Waals surface area (Å²) in [7, 11) is 0. The first-order valence-electron chi connectivity index (χ1n) is 8.17. The Balaban J connectivity index is 0.000000327. The van der Waals surface area contributed by atoms with Gasteiger partial charge in [0.05, 0.1) is 0 Å². The predicted molar refractivity (Wildman–Crippen MR) is 102 cm³/mol. The summed E-state index contributed by atoms with van der Waals surface area (Å²) in [6, 6.07) is 28.3. The van der Waals surface area contributed by atoms with E-state index in [9.17, 15) is 0 Å². The van der Waals surface area contributed by atoms with Gasteiger partial charge >= 0.3 is 0 Å². The van der Waals surface area contributed by atoms with Crippen LogP contribution in [-0.4, -0.2) is 0 Å². The Morgan fingerprint density at radius 3 is 1.42 bits per heavy atom. The van der Waals surface area contributed by atoms with Gasteiger partial charge in [0.2, 0.25) is 0 Å². The van der Waals surface area contributed by atoms with Gasteiger partial charge in [0.25, 0.3) is 0 Å². The zero-order chi connectivity index (χ0) is 16.8. The van der Waals surface area contributed by atoms with E-state index in [4.69, 9.17) is 0 Å². The summed E-state index contributed by atoms with van der Waals surface area (Å²) in [6.07, 6.45) is 3.87. The summed E-state index contributed by atoms with van der Waals surface area (Å²) in [5.41, 5.74) is 3.63. The van der Waals surface area contributed by atoms with Crippen LogP contribution in [0, 0.1) is 13.8 Å². The van der Waals surface area contributed by atoms with Crippen LogP contribution in [0.25, 0.3) is 0 Å². The summed E-state index contributed by atoms with van der Waals surface area (Å²) in [4.78, 5) is 0. The third-order valence-corrected chi connectivity index (χ3v) is 3.24. The molecule has 3 rings (SSSR count). The Bertz CT molecular complexity index is 545. The van der Waals surface area contributed by atoms with Crippen molar-refractivity contribution >= 4 is 0 Å². The summed E-state index contributed by atoms with van der Waals surface area (Å²) in [6.45, 7) is 9.67. The monoisotopic (exact) mass is 483 g/mol. The van der Waals surface area contributed by atoms with E-state index in [1.165, 1.54) is 24.8 Å². The van der Waals surface area contributed by atoms with Gasteiger partial charge in [-0.25, -0.2) is 12.1 Å². The molecule has 126 valence electrons. The Hall–Kier alpha value is -1.60. The number of benzene rings is 2. The molecule has 0 bridgehead atoms. The van der Waals surface area contributed by atoms with Gasteiger partial charge < -0.3 is 0 Å². The zero-order valence-electron chi connectivity index (χ0n) is 14.6. The van der Waals surface area contributed by atoms with Crippen LogP contribution in [0.4, 0.5) is 0 Å². The molecule has 0 saturated carbocycles. The van der Waals surface area contributed by atoms with E-state index in [0.717, 1.165) is 11.1 Å². The van der Waals surface area contributed by atoms with Crippen LogP contribution in [0.15, 0.2) is 84.9 Å². The molecule has 24 heavy (non-hydrogen) atoms. The molecule has 0 fully saturated rings. The molecule has 3 aromatic carbocycles. The van der Waals surface area contributed by atoms with E-state index >= 15 is 0 Å². The van der Waals surface area contributed by atoms with E-state index in [-0.39, 0.29) is 25.8 Å². The molecule has 0 atom stereocenters. The first-order chi connectivity index (χ1) is 11.2. The number of rotatable bonds is 3. The molecule has 0 amide bonds. The minimum atomic E-state index is 0. The van der Waals surface area contributed by atoms with Crippen LogP contribution < -0.4 is 0 Å². The maximum atomic E-state index is 3.72. The Labute approximate surface area is 167 Å². The van der Waals surface area contributed by atoms with Crippen molar-refractivity contribution in [3.05, 3.63) is 115 Å². The fourth-order valence-electron chi connectivity index (χ4n) is 1.92. The summed E-state index contributed by atoms with van der Waals surface area (Å²) in [5, 5.41) is 0. The fourth-order valence-corrected chi connectivity index (χ4v) is 1.92. The van der Waals surface area contributed by atoms with E-state index in [1.54, 1.807) is 0 Å². The largest absolute Gasteiger partial charge is 0.213 e. The molecule has 0 saturated heterocycles. The maximum absolute atomic E-state index is 3.72. The van der Waals surface area contributed by atoms with Crippen LogP contribution in [-0.2, 0) is 32.3 Å². The standard InChI is InChI=1S/C9H13.2C7H7.Hf/c1-2-3-6-9-7-4-5-8-9;2*1-7-5-3-2-4-6-7;/h4-5,7-8H,2-3,6H2,1H3;2*2-6H,1H2;/q3*-1;. The van der Waals surface area contributed by atoms with Crippen molar-refractivity contribution in [3.8, 4) is 0 Å². The molecule has 0 nitrogen and oxygen atoms in total. The van der Waals surface area contributed by atoms with Crippen molar-refractivity contribution in [2.75, 3.05) is 0 Å². The van der Waals surface area contributed by atoms with E-state index in [2.05, 4.69) is 45.0 Å². The second-order valence-electron chi connectivity index (χ2n) is 5.37. The number of unbranched alkanes of at least 4 members (excludes halogenated alkanes) is 1. The smallest absolute Gasteiger partial charge is 0 e. The van der Waals surface area contributed by atoms with Crippen molar-refractivity contribution in [3.63, 3.8) is 0 Å². The SMILES string of the molecule is CCCC[c-]1cccc1.[CH2-]c1ccccc1.[CH2-]c1ccccc1.[Hf]. The molecular formula is C23H27Hf-3. The van der Waals surface area contributed by atoms with Crippen molar-refractivity contribution in [2.45, 2.75) is 26.2 Å². The number of aryl methyl sites for hydroxylation is 1. The topological polar surface area (TPSA) is 0 Å². The third-order valence-electron chi connectivity index (χ3n) is 3.24. The van der Waals surface area contributed by atoms with Crippen molar-refractivity contribution in [2.24, 2.45) is 0 Å². The summed E-state index contributed by atoms with van der Waals surface area (Å²) >= 11 is 0. The van der Waals surface area contributed by atoms with Gasteiger partial charge in [0, 0.05) is 25.8 Å².